The highest BCUT2D eigenvalue weighted by atomic mass is 16.4. The number of rotatable bonds is 7. The molecular weight excluding hydrogens is 232 g/mol. The molecule has 0 saturated carbocycles. The molecule has 0 saturated heterocycles. The van der Waals surface area contributed by atoms with Gasteiger partial charge in [-0.05, 0) is 47.5 Å². The SMILES string of the molecule is CC(CCCC(=O)O)NC(=O)C(C)(C)C(C)(C)N. The van der Waals surface area contributed by atoms with Crippen molar-refractivity contribution < 1.29 is 14.7 Å². The maximum atomic E-state index is 12.1. The molecule has 0 spiro atoms. The lowest BCUT2D eigenvalue weighted by atomic mass is 9.74. The minimum atomic E-state index is -0.808. The van der Waals surface area contributed by atoms with E-state index in [1.165, 1.54) is 0 Å². The van der Waals surface area contributed by atoms with Crippen molar-refractivity contribution >= 4 is 11.9 Å². The van der Waals surface area contributed by atoms with Gasteiger partial charge < -0.3 is 16.2 Å². The van der Waals surface area contributed by atoms with E-state index in [2.05, 4.69) is 5.32 Å². The molecule has 0 bridgehead atoms. The molecule has 0 radical (unpaired) electrons. The molecule has 0 heterocycles. The molecule has 18 heavy (non-hydrogen) atoms. The van der Waals surface area contributed by atoms with E-state index >= 15 is 0 Å². The minimum Gasteiger partial charge on any atom is -0.481 e. The predicted molar refractivity (Wildman–Crippen MR) is 71.1 cm³/mol. The van der Waals surface area contributed by atoms with Crippen molar-refractivity contribution in [1.29, 1.82) is 0 Å². The van der Waals surface area contributed by atoms with Gasteiger partial charge in [-0.2, -0.15) is 0 Å². The van der Waals surface area contributed by atoms with Gasteiger partial charge in [-0.3, -0.25) is 9.59 Å². The van der Waals surface area contributed by atoms with Crippen LogP contribution >= 0.6 is 0 Å². The maximum Gasteiger partial charge on any atom is 0.303 e. The zero-order valence-corrected chi connectivity index (χ0v) is 12.0. The van der Waals surface area contributed by atoms with E-state index in [9.17, 15) is 9.59 Å². The monoisotopic (exact) mass is 258 g/mol. The van der Waals surface area contributed by atoms with Crippen LogP contribution in [0.3, 0.4) is 0 Å². The Hall–Kier alpha value is -1.10. The van der Waals surface area contributed by atoms with Crippen LogP contribution in [0.4, 0.5) is 0 Å². The molecule has 0 fully saturated rings. The van der Waals surface area contributed by atoms with Crippen LogP contribution in [0.15, 0.2) is 0 Å². The van der Waals surface area contributed by atoms with Gasteiger partial charge in [-0.1, -0.05) is 0 Å². The quantitative estimate of drug-likeness (QED) is 0.645. The molecule has 0 aliphatic carbocycles. The van der Waals surface area contributed by atoms with E-state index < -0.39 is 16.9 Å². The van der Waals surface area contributed by atoms with Gasteiger partial charge >= 0.3 is 5.97 Å². The highest BCUT2D eigenvalue weighted by Gasteiger charge is 2.40. The molecule has 1 unspecified atom stereocenters. The Kier molecular flexibility index (Phi) is 5.80. The third kappa shape index (κ3) is 5.04. The van der Waals surface area contributed by atoms with Crippen molar-refractivity contribution in [2.75, 3.05) is 0 Å². The second kappa shape index (κ2) is 6.18. The maximum absolute atomic E-state index is 12.1. The van der Waals surface area contributed by atoms with Crippen LogP contribution in [-0.2, 0) is 9.59 Å². The summed E-state index contributed by atoms with van der Waals surface area (Å²) in [6, 6.07) is -0.0431. The van der Waals surface area contributed by atoms with Gasteiger partial charge in [0.2, 0.25) is 5.91 Å². The minimum absolute atomic E-state index is 0.0431. The van der Waals surface area contributed by atoms with Gasteiger partial charge in [-0.25, -0.2) is 0 Å². The van der Waals surface area contributed by atoms with Crippen molar-refractivity contribution in [2.24, 2.45) is 11.1 Å². The average Bonchev–Trinajstić information content (AvgIpc) is 2.14. The van der Waals surface area contributed by atoms with Crippen molar-refractivity contribution in [2.45, 2.75) is 65.5 Å². The van der Waals surface area contributed by atoms with Gasteiger partial charge in [0.25, 0.3) is 0 Å². The Morgan fingerprint density at radius 3 is 2.17 bits per heavy atom. The zero-order chi connectivity index (χ0) is 14.6. The van der Waals surface area contributed by atoms with E-state index in [-0.39, 0.29) is 18.4 Å². The van der Waals surface area contributed by atoms with E-state index in [0.29, 0.717) is 12.8 Å². The molecule has 0 aromatic carbocycles. The summed E-state index contributed by atoms with van der Waals surface area (Å²) in [5, 5.41) is 11.4. The standard InChI is InChI=1S/C13H26N2O3/c1-9(7-6-8-10(16)17)15-11(18)12(2,3)13(4,5)14/h9H,6-8,14H2,1-5H3,(H,15,18)(H,16,17). The van der Waals surface area contributed by atoms with Crippen LogP contribution < -0.4 is 11.1 Å². The lowest BCUT2D eigenvalue weighted by Crippen LogP contribution is -2.56. The fourth-order valence-electron chi connectivity index (χ4n) is 1.33. The number of carbonyl (C=O) groups is 2. The normalized spacial score (nSPS) is 14.1. The summed E-state index contributed by atoms with van der Waals surface area (Å²) in [5.41, 5.74) is 4.71. The van der Waals surface area contributed by atoms with E-state index in [1.54, 1.807) is 0 Å². The van der Waals surface area contributed by atoms with Gasteiger partial charge in [0.15, 0.2) is 0 Å². The van der Waals surface area contributed by atoms with Crippen LogP contribution in [0, 0.1) is 5.41 Å². The molecule has 0 aromatic heterocycles. The van der Waals surface area contributed by atoms with Gasteiger partial charge in [-0.15, -0.1) is 0 Å². The number of nitrogens with one attached hydrogen (secondary N) is 1. The molecule has 106 valence electrons. The molecule has 1 atom stereocenters. The second-order valence-electron chi connectivity index (χ2n) is 6.01. The van der Waals surface area contributed by atoms with Gasteiger partial charge in [0, 0.05) is 18.0 Å². The average molecular weight is 258 g/mol. The first-order valence-electron chi connectivity index (χ1n) is 6.30. The molecule has 5 heteroatoms. The van der Waals surface area contributed by atoms with E-state index in [0.717, 1.165) is 0 Å². The lowest BCUT2D eigenvalue weighted by Gasteiger charge is -2.37. The smallest absolute Gasteiger partial charge is 0.303 e. The molecule has 0 rings (SSSR count). The highest BCUT2D eigenvalue weighted by molar-refractivity contribution is 5.83. The Labute approximate surface area is 109 Å². The van der Waals surface area contributed by atoms with Gasteiger partial charge in [0.05, 0.1) is 5.41 Å². The molecule has 0 aliphatic rings. The Morgan fingerprint density at radius 1 is 1.28 bits per heavy atom. The molecular formula is C13H26N2O3. The lowest BCUT2D eigenvalue weighted by molar-refractivity contribution is -0.137. The third-order valence-electron chi connectivity index (χ3n) is 3.58. The largest absolute Gasteiger partial charge is 0.481 e. The van der Waals surface area contributed by atoms with E-state index in [1.807, 2.05) is 34.6 Å². The van der Waals surface area contributed by atoms with Crippen molar-refractivity contribution in [3.8, 4) is 0 Å². The molecule has 0 aromatic rings. The molecule has 5 nitrogen and oxygen atoms in total. The summed E-state index contributed by atoms with van der Waals surface area (Å²) >= 11 is 0. The number of hydrogen-bond donors (Lipinski definition) is 3. The van der Waals surface area contributed by atoms with Crippen molar-refractivity contribution in [3.05, 3.63) is 0 Å². The number of amides is 1. The van der Waals surface area contributed by atoms with Crippen LogP contribution in [0.2, 0.25) is 0 Å². The predicted octanol–water partition coefficient (Wildman–Crippen LogP) is 1.51. The van der Waals surface area contributed by atoms with Crippen LogP contribution in [0.25, 0.3) is 0 Å². The number of carbonyl (C=O) groups excluding carboxylic acids is 1. The first-order chi connectivity index (χ1) is 7.98. The Morgan fingerprint density at radius 2 is 1.78 bits per heavy atom. The fourth-order valence-corrected chi connectivity index (χ4v) is 1.33. The first kappa shape index (κ1) is 16.9. The van der Waals surface area contributed by atoms with Crippen LogP contribution in [0.5, 0.6) is 0 Å². The van der Waals surface area contributed by atoms with Gasteiger partial charge in [0.1, 0.15) is 0 Å². The Bertz CT molecular complexity index is 306. The molecule has 4 N–H and O–H groups in total. The van der Waals surface area contributed by atoms with Crippen LogP contribution in [0.1, 0.15) is 53.9 Å². The number of hydrogen-bond acceptors (Lipinski definition) is 3. The first-order valence-corrected chi connectivity index (χ1v) is 6.30. The second-order valence-corrected chi connectivity index (χ2v) is 6.01. The Balaban J connectivity index is 4.27. The third-order valence-corrected chi connectivity index (χ3v) is 3.58. The summed E-state index contributed by atoms with van der Waals surface area (Å²) in [5.74, 6) is -0.908. The highest BCUT2D eigenvalue weighted by Crippen LogP contribution is 2.28. The summed E-state index contributed by atoms with van der Waals surface area (Å²) in [6.07, 6.45) is 1.34. The summed E-state index contributed by atoms with van der Waals surface area (Å²) < 4.78 is 0. The summed E-state index contributed by atoms with van der Waals surface area (Å²) in [7, 11) is 0. The summed E-state index contributed by atoms with van der Waals surface area (Å²) in [4.78, 5) is 22.5. The molecule has 1 amide bonds. The zero-order valence-electron chi connectivity index (χ0n) is 12.0. The van der Waals surface area contributed by atoms with Crippen molar-refractivity contribution in [3.63, 3.8) is 0 Å². The number of nitrogens with two attached hydrogens (primary N) is 1. The molecule has 0 aliphatic heterocycles. The number of carboxylic acid groups (broad SMARTS) is 1. The number of aliphatic carboxylic acids is 1. The van der Waals surface area contributed by atoms with Crippen LogP contribution in [-0.4, -0.2) is 28.6 Å². The fraction of sp³-hybridized carbons (Fsp3) is 0.846. The summed E-state index contributed by atoms with van der Waals surface area (Å²) in [6.45, 7) is 9.14. The topological polar surface area (TPSA) is 92.4 Å². The van der Waals surface area contributed by atoms with Crippen molar-refractivity contribution in [1.82, 2.24) is 5.32 Å². The number of carboxylic acids is 1. The van der Waals surface area contributed by atoms with E-state index in [4.69, 9.17) is 10.8 Å².